The maximum Gasteiger partial charge on any atom is 0.293 e. The number of carbonyl (C=O) groups is 2. The maximum absolute atomic E-state index is 12.7. The van der Waals surface area contributed by atoms with Gasteiger partial charge in [-0.25, -0.2) is 4.98 Å². The second kappa shape index (κ2) is 9.47. The van der Waals surface area contributed by atoms with Crippen LogP contribution in [0.4, 0.5) is 5.13 Å². The van der Waals surface area contributed by atoms with E-state index in [0.717, 1.165) is 5.56 Å². The van der Waals surface area contributed by atoms with E-state index in [2.05, 4.69) is 74.5 Å². The van der Waals surface area contributed by atoms with Crippen LogP contribution in [0, 0.1) is 5.92 Å². The number of aromatic nitrogens is 1. The Morgan fingerprint density at radius 2 is 1.84 bits per heavy atom. The first-order valence-corrected chi connectivity index (χ1v) is 11.2. The van der Waals surface area contributed by atoms with Crippen molar-refractivity contribution in [2.75, 3.05) is 5.32 Å². The number of hydrogen-bond donors (Lipinski definition) is 2. The molecule has 3 aromatic rings. The molecule has 0 aliphatic heterocycles. The molecule has 2 heterocycles. The maximum atomic E-state index is 12.7. The molecule has 1 unspecified atom stereocenters. The van der Waals surface area contributed by atoms with Gasteiger partial charge in [-0.05, 0) is 34.6 Å². The van der Waals surface area contributed by atoms with E-state index in [0.29, 0.717) is 10.8 Å². The highest BCUT2D eigenvalue weighted by molar-refractivity contribution is 7.14. The quantitative estimate of drug-likeness (QED) is 0.520. The predicted octanol–water partition coefficient (Wildman–Crippen LogP) is 5.34. The van der Waals surface area contributed by atoms with Gasteiger partial charge in [0, 0.05) is 5.38 Å². The van der Waals surface area contributed by atoms with Crippen molar-refractivity contribution in [3.8, 4) is 0 Å². The smallest absolute Gasteiger partial charge is 0.293 e. The van der Waals surface area contributed by atoms with Crippen LogP contribution in [0.2, 0.25) is 0 Å². The minimum absolute atomic E-state index is 0.0849. The van der Waals surface area contributed by atoms with Crippen molar-refractivity contribution in [3.63, 3.8) is 0 Å². The van der Waals surface area contributed by atoms with Crippen LogP contribution >= 0.6 is 11.3 Å². The summed E-state index contributed by atoms with van der Waals surface area (Å²) in [4.78, 5) is 29.1. The molecule has 0 spiro atoms. The van der Waals surface area contributed by atoms with Crippen LogP contribution in [0.3, 0.4) is 0 Å². The van der Waals surface area contributed by atoms with Crippen LogP contribution in [-0.4, -0.2) is 16.8 Å². The Kier molecular flexibility index (Phi) is 6.95. The highest BCUT2D eigenvalue weighted by Crippen LogP contribution is 2.27. The SMILES string of the molecule is CC(C)C(NC(=O)Cc1csc(NC(=O)c2ccco2)n1)c1ccc(C(C)(C)C)cc1. The third-order valence-corrected chi connectivity index (χ3v) is 5.78. The second-order valence-electron chi connectivity index (χ2n) is 8.91. The van der Waals surface area contributed by atoms with E-state index in [-0.39, 0.29) is 41.4 Å². The van der Waals surface area contributed by atoms with Gasteiger partial charge in [-0.3, -0.25) is 14.9 Å². The standard InChI is InChI=1S/C24H29N3O3S/c1-15(2)21(16-8-10-17(11-9-16)24(3,4)5)26-20(28)13-18-14-31-23(25-18)27-22(29)19-7-6-12-30-19/h6-12,14-15,21H,13H2,1-5H3,(H,26,28)(H,25,27,29). The summed E-state index contributed by atoms with van der Waals surface area (Å²) in [7, 11) is 0. The highest BCUT2D eigenvalue weighted by atomic mass is 32.1. The average molecular weight is 440 g/mol. The van der Waals surface area contributed by atoms with E-state index >= 15 is 0 Å². The van der Waals surface area contributed by atoms with Crippen LogP contribution in [0.15, 0.2) is 52.5 Å². The molecular formula is C24H29N3O3S. The Balaban J connectivity index is 1.62. The number of nitrogens with zero attached hydrogens (tertiary/aromatic N) is 1. The summed E-state index contributed by atoms with van der Waals surface area (Å²) < 4.78 is 5.07. The van der Waals surface area contributed by atoms with Crippen molar-refractivity contribution in [3.05, 3.63) is 70.6 Å². The number of thiazole rings is 1. The van der Waals surface area contributed by atoms with Gasteiger partial charge in [0.05, 0.1) is 24.4 Å². The van der Waals surface area contributed by atoms with E-state index < -0.39 is 0 Å². The molecule has 0 saturated heterocycles. The number of amides is 2. The third kappa shape index (κ3) is 6.04. The van der Waals surface area contributed by atoms with Crippen molar-refractivity contribution >= 4 is 28.3 Å². The van der Waals surface area contributed by atoms with Crippen molar-refractivity contribution in [2.45, 2.75) is 52.5 Å². The minimum Gasteiger partial charge on any atom is -0.459 e. The number of carbonyl (C=O) groups excluding carboxylic acids is 2. The summed E-state index contributed by atoms with van der Waals surface area (Å²) in [6.45, 7) is 10.7. The molecule has 0 bridgehead atoms. The third-order valence-electron chi connectivity index (χ3n) is 4.98. The van der Waals surface area contributed by atoms with Crippen LogP contribution < -0.4 is 10.6 Å². The number of furan rings is 1. The molecule has 3 rings (SSSR count). The molecule has 6 nitrogen and oxygen atoms in total. The summed E-state index contributed by atoms with van der Waals surface area (Å²) in [5, 5.41) is 8.03. The summed E-state index contributed by atoms with van der Waals surface area (Å²) in [6.07, 6.45) is 1.59. The molecule has 2 N–H and O–H groups in total. The molecule has 164 valence electrons. The molecule has 7 heteroatoms. The topological polar surface area (TPSA) is 84.2 Å². The molecule has 0 aliphatic carbocycles. The lowest BCUT2D eigenvalue weighted by Gasteiger charge is -2.25. The first-order chi connectivity index (χ1) is 14.6. The van der Waals surface area contributed by atoms with Crippen LogP contribution in [-0.2, 0) is 16.6 Å². The zero-order valence-corrected chi connectivity index (χ0v) is 19.4. The molecule has 1 aromatic carbocycles. The fourth-order valence-corrected chi connectivity index (χ4v) is 3.93. The minimum atomic E-state index is -0.367. The highest BCUT2D eigenvalue weighted by Gasteiger charge is 2.21. The molecule has 0 fully saturated rings. The van der Waals surface area contributed by atoms with Gasteiger partial charge >= 0.3 is 0 Å². The van der Waals surface area contributed by atoms with Gasteiger partial charge in [-0.2, -0.15) is 0 Å². The Morgan fingerprint density at radius 1 is 1.13 bits per heavy atom. The van der Waals surface area contributed by atoms with Crippen LogP contribution in [0.1, 0.15) is 68.0 Å². The number of nitrogens with one attached hydrogen (secondary N) is 2. The lowest BCUT2D eigenvalue weighted by atomic mass is 9.85. The van der Waals surface area contributed by atoms with Gasteiger partial charge in [0.2, 0.25) is 5.91 Å². The Hall–Kier alpha value is -2.93. The Morgan fingerprint density at radius 3 is 2.42 bits per heavy atom. The van der Waals surface area contributed by atoms with E-state index in [1.54, 1.807) is 17.5 Å². The molecular weight excluding hydrogens is 410 g/mol. The zero-order valence-electron chi connectivity index (χ0n) is 18.6. The lowest BCUT2D eigenvalue weighted by molar-refractivity contribution is -0.121. The molecule has 31 heavy (non-hydrogen) atoms. The molecule has 0 radical (unpaired) electrons. The van der Waals surface area contributed by atoms with Crippen LogP contribution in [0.5, 0.6) is 0 Å². The lowest BCUT2D eigenvalue weighted by Crippen LogP contribution is -2.33. The normalized spacial score (nSPS) is 12.6. The second-order valence-corrected chi connectivity index (χ2v) is 9.77. The van der Waals surface area contributed by atoms with E-state index in [4.69, 9.17) is 4.42 Å². The average Bonchev–Trinajstić information content (AvgIpc) is 3.38. The number of benzene rings is 1. The van der Waals surface area contributed by atoms with E-state index in [9.17, 15) is 9.59 Å². The van der Waals surface area contributed by atoms with Crippen molar-refractivity contribution < 1.29 is 14.0 Å². The molecule has 0 aliphatic rings. The summed E-state index contributed by atoms with van der Waals surface area (Å²) in [6, 6.07) is 11.6. The van der Waals surface area contributed by atoms with Crippen molar-refractivity contribution in [1.82, 2.24) is 10.3 Å². The fraction of sp³-hybridized carbons (Fsp3) is 0.375. The van der Waals surface area contributed by atoms with Gasteiger partial charge < -0.3 is 9.73 Å². The fourth-order valence-electron chi connectivity index (χ4n) is 3.23. The number of anilines is 1. The first-order valence-electron chi connectivity index (χ1n) is 10.3. The van der Waals surface area contributed by atoms with Crippen molar-refractivity contribution in [1.29, 1.82) is 0 Å². The molecule has 2 aromatic heterocycles. The Labute approximate surface area is 187 Å². The molecule has 0 saturated carbocycles. The molecule has 1 atom stereocenters. The number of hydrogen-bond acceptors (Lipinski definition) is 5. The first kappa shape index (κ1) is 22.7. The van der Waals surface area contributed by atoms with Crippen molar-refractivity contribution in [2.24, 2.45) is 5.92 Å². The molecule has 2 amide bonds. The zero-order chi connectivity index (χ0) is 22.6. The van der Waals surface area contributed by atoms with Gasteiger partial charge in [0.1, 0.15) is 0 Å². The number of rotatable bonds is 7. The Bertz CT molecular complexity index is 1020. The summed E-state index contributed by atoms with van der Waals surface area (Å²) in [5.41, 5.74) is 3.05. The van der Waals surface area contributed by atoms with E-state index in [1.807, 2.05) is 0 Å². The summed E-state index contributed by atoms with van der Waals surface area (Å²) >= 11 is 1.28. The predicted molar refractivity (Wildman–Crippen MR) is 123 cm³/mol. The van der Waals surface area contributed by atoms with Gasteiger partial charge in [0.25, 0.3) is 5.91 Å². The van der Waals surface area contributed by atoms with Gasteiger partial charge in [-0.15, -0.1) is 11.3 Å². The monoisotopic (exact) mass is 439 g/mol. The largest absolute Gasteiger partial charge is 0.459 e. The van der Waals surface area contributed by atoms with E-state index in [1.165, 1.54) is 23.2 Å². The van der Waals surface area contributed by atoms with Gasteiger partial charge in [0.15, 0.2) is 10.9 Å². The van der Waals surface area contributed by atoms with Gasteiger partial charge in [-0.1, -0.05) is 58.9 Å². The van der Waals surface area contributed by atoms with Crippen LogP contribution in [0.25, 0.3) is 0 Å². The summed E-state index contributed by atoms with van der Waals surface area (Å²) in [5.74, 6) is -0.0171.